The second-order valence-electron chi connectivity index (χ2n) is 6.49. The first kappa shape index (κ1) is 15.3. The highest BCUT2D eigenvalue weighted by molar-refractivity contribution is 6.27. The van der Waals surface area contributed by atoms with E-state index in [1.165, 1.54) is 0 Å². The first-order chi connectivity index (χ1) is 11.9. The zero-order valence-corrected chi connectivity index (χ0v) is 13.6. The summed E-state index contributed by atoms with van der Waals surface area (Å²) in [6.45, 7) is 4.16. The smallest absolute Gasteiger partial charge is 0.258 e. The molecule has 0 fully saturated rings. The lowest BCUT2D eigenvalue weighted by Gasteiger charge is -2.15. The van der Waals surface area contributed by atoms with E-state index in [1.807, 2.05) is 18.2 Å². The van der Waals surface area contributed by atoms with Crippen LogP contribution in [0, 0.1) is 20.2 Å². The highest BCUT2D eigenvalue weighted by Gasteiger charge is 2.25. The van der Waals surface area contributed by atoms with Crippen molar-refractivity contribution in [3.05, 3.63) is 68.3 Å². The molecule has 0 spiro atoms. The van der Waals surface area contributed by atoms with Crippen LogP contribution in [0.5, 0.6) is 0 Å². The van der Waals surface area contributed by atoms with Gasteiger partial charge in [-0.15, -0.1) is 0 Å². The van der Waals surface area contributed by atoms with Crippen LogP contribution >= 0.6 is 0 Å². The van der Waals surface area contributed by atoms with Crippen molar-refractivity contribution in [1.82, 2.24) is 0 Å². The van der Waals surface area contributed by atoms with E-state index in [9.17, 15) is 20.2 Å². The second-order valence-corrected chi connectivity index (χ2v) is 6.49. The van der Waals surface area contributed by atoms with Gasteiger partial charge in [0.1, 0.15) is 0 Å². The average molecular weight is 334 g/mol. The van der Waals surface area contributed by atoms with Crippen LogP contribution in [0.15, 0.2) is 42.5 Å². The number of benzene rings is 4. The summed E-state index contributed by atoms with van der Waals surface area (Å²) in [6, 6.07) is 12.2. The van der Waals surface area contributed by atoms with Crippen molar-refractivity contribution < 1.29 is 9.85 Å². The quantitative estimate of drug-likeness (QED) is 0.280. The molecule has 0 saturated heterocycles. The normalized spacial score (nSPS) is 11.8. The molecule has 0 bridgehead atoms. The third kappa shape index (κ3) is 2.04. The first-order valence-corrected chi connectivity index (χ1v) is 7.93. The van der Waals surface area contributed by atoms with Crippen LogP contribution < -0.4 is 0 Å². The van der Waals surface area contributed by atoms with Crippen LogP contribution in [-0.2, 0) is 0 Å². The van der Waals surface area contributed by atoms with Gasteiger partial charge in [0.05, 0.1) is 26.7 Å². The van der Waals surface area contributed by atoms with Gasteiger partial charge in [0.2, 0.25) is 0 Å². The molecule has 0 aliphatic heterocycles. The summed E-state index contributed by atoms with van der Waals surface area (Å²) < 4.78 is 0. The number of nitrogens with zero attached hydrogens (tertiary/aromatic N) is 2. The summed E-state index contributed by atoms with van der Waals surface area (Å²) in [5.74, 6) is 0.273. The Bertz CT molecular complexity index is 1150. The van der Waals surface area contributed by atoms with Crippen molar-refractivity contribution in [2.75, 3.05) is 0 Å². The van der Waals surface area contributed by atoms with Gasteiger partial charge in [-0.3, -0.25) is 20.2 Å². The predicted molar refractivity (Wildman–Crippen MR) is 97.5 cm³/mol. The topological polar surface area (TPSA) is 86.3 Å². The molecule has 4 aromatic carbocycles. The summed E-state index contributed by atoms with van der Waals surface area (Å²) in [6.07, 6.45) is 0. The van der Waals surface area contributed by atoms with Crippen molar-refractivity contribution in [2.45, 2.75) is 19.8 Å². The minimum Gasteiger partial charge on any atom is -0.258 e. The van der Waals surface area contributed by atoms with Crippen molar-refractivity contribution in [3.63, 3.8) is 0 Å². The Hall–Kier alpha value is -3.28. The molecule has 0 N–H and O–H groups in total. The van der Waals surface area contributed by atoms with E-state index >= 15 is 0 Å². The molecular formula is C19H14N2O4. The van der Waals surface area contributed by atoms with Gasteiger partial charge in [-0.05, 0) is 39.8 Å². The van der Waals surface area contributed by atoms with E-state index in [-0.39, 0.29) is 17.3 Å². The number of hydrogen-bond donors (Lipinski definition) is 0. The molecule has 0 heterocycles. The SMILES string of the molecule is CC(C)c1ccc2ccc3c([N+](=O)[O-])cc([N+](=O)[O-])c4ccc1c2c34. The Morgan fingerprint density at radius 2 is 1.28 bits per heavy atom. The summed E-state index contributed by atoms with van der Waals surface area (Å²) >= 11 is 0. The fourth-order valence-corrected chi connectivity index (χ4v) is 3.69. The van der Waals surface area contributed by atoms with E-state index in [1.54, 1.807) is 12.1 Å². The number of nitro benzene ring substituents is 2. The van der Waals surface area contributed by atoms with Crippen LogP contribution in [0.4, 0.5) is 11.4 Å². The molecule has 0 aromatic heterocycles. The maximum absolute atomic E-state index is 11.5. The van der Waals surface area contributed by atoms with Crippen LogP contribution in [0.1, 0.15) is 25.3 Å². The van der Waals surface area contributed by atoms with Crippen LogP contribution in [0.25, 0.3) is 32.3 Å². The maximum Gasteiger partial charge on any atom is 0.284 e. The van der Waals surface area contributed by atoms with E-state index in [0.717, 1.165) is 27.8 Å². The summed E-state index contributed by atoms with van der Waals surface area (Å²) in [7, 11) is 0. The molecule has 0 amide bonds. The molecular weight excluding hydrogens is 320 g/mol. The van der Waals surface area contributed by atoms with Gasteiger partial charge in [-0.25, -0.2) is 0 Å². The average Bonchev–Trinajstić information content (AvgIpc) is 2.58. The Morgan fingerprint density at radius 3 is 1.84 bits per heavy atom. The molecule has 4 rings (SSSR count). The van der Waals surface area contributed by atoms with Crippen molar-refractivity contribution in [2.24, 2.45) is 0 Å². The zero-order valence-electron chi connectivity index (χ0n) is 13.6. The van der Waals surface area contributed by atoms with Crippen molar-refractivity contribution >= 4 is 43.7 Å². The van der Waals surface area contributed by atoms with Gasteiger partial charge >= 0.3 is 0 Å². The number of rotatable bonds is 3. The summed E-state index contributed by atoms with van der Waals surface area (Å²) in [5, 5.41) is 27.2. The zero-order chi connectivity index (χ0) is 17.9. The lowest BCUT2D eigenvalue weighted by atomic mass is 9.88. The molecule has 4 aromatic rings. The number of nitro groups is 2. The van der Waals surface area contributed by atoms with Gasteiger partial charge in [0.15, 0.2) is 0 Å². The highest BCUT2D eigenvalue weighted by atomic mass is 16.6. The number of non-ortho nitro benzene ring substituents is 2. The van der Waals surface area contributed by atoms with Crippen LogP contribution in [0.2, 0.25) is 0 Å². The van der Waals surface area contributed by atoms with E-state index in [4.69, 9.17) is 0 Å². The Morgan fingerprint density at radius 1 is 0.760 bits per heavy atom. The molecule has 0 aliphatic rings. The third-order valence-corrected chi connectivity index (χ3v) is 4.79. The fraction of sp³-hybridized carbons (Fsp3) is 0.158. The molecule has 6 heteroatoms. The molecule has 0 saturated carbocycles. The molecule has 124 valence electrons. The second kappa shape index (κ2) is 5.11. The minimum atomic E-state index is -0.553. The molecule has 0 atom stereocenters. The molecule has 0 radical (unpaired) electrons. The largest absolute Gasteiger partial charge is 0.284 e. The van der Waals surface area contributed by atoms with Crippen LogP contribution in [-0.4, -0.2) is 9.85 Å². The lowest BCUT2D eigenvalue weighted by Crippen LogP contribution is -1.98. The van der Waals surface area contributed by atoms with Crippen molar-refractivity contribution in [1.29, 1.82) is 0 Å². The Balaban J connectivity index is 2.34. The van der Waals surface area contributed by atoms with Crippen molar-refractivity contribution in [3.8, 4) is 0 Å². The van der Waals surface area contributed by atoms with E-state index < -0.39 is 9.85 Å². The lowest BCUT2D eigenvalue weighted by molar-refractivity contribution is -0.392. The predicted octanol–water partition coefficient (Wildman–Crippen LogP) is 5.52. The molecule has 25 heavy (non-hydrogen) atoms. The van der Waals surface area contributed by atoms with Gasteiger partial charge in [-0.2, -0.15) is 0 Å². The van der Waals surface area contributed by atoms with Crippen LogP contribution in [0.3, 0.4) is 0 Å². The van der Waals surface area contributed by atoms with E-state index in [0.29, 0.717) is 16.2 Å². The summed E-state index contributed by atoms with van der Waals surface area (Å²) in [4.78, 5) is 21.9. The molecule has 6 nitrogen and oxygen atoms in total. The third-order valence-electron chi connectivity index (χ3n) is 4.79. The molecule has 0 aliphatic carbocycles. The van der Waals surface area contributed by atoms with Gasteiger partial charge < -0.3 is 0 Å². The Labute approximate surface area is 142 Å². The highest BCUT2D eigenvalue weighted by Crippen LogP contribution is 2.44. The van der Waals surface area contributed by atoms with Gasteiger partial charge in [0, 0.05) is 5.39 Å². The fourth-order valence-electron chi connectivity index (χ4n) is 3.69. The van der Waals surface area contributed by atoms with Gasteiger partial charge in [-0.1, -0.05) is 38.1 Å². The first-order valence-electron chi connectivity index (χ1n) is 7.93. The summed E-state index contributed by atoms with van der Waals surface area (Å²) in [5.41, 5.74) is 0.656. The van der Waals surface area contributed by atoms with Gasteiger partial charge in [0.25, 0.3) is 11.4 Å². The van der Waals surface area contributed by atoms with E-state index in [2.05, 4.69) is 19.9 Å². The molecule has 0 unspecified atom stereocenters. The standard InChI is InChI=1S/C19H14N2O4/c1-10(2)12-5-3-11-4-6-14-16(20(22)23)9-17(21(24)25)15-8-7-13(12)18(11)19(14)15/h3-10H,1-2H3. The number of hydrogen-bond acceptors (Lipinski definition) is 4. The Kier molecular flexibility index (Phi) is 3.12. The minimum absolute atomic E-state index is 0.233. The monoisotopic (exact) mass is 334 g/mol. The maximum atomic E-state index is 11.5.